The number of hydrogen-bond donors (Lipinski definition) is 3. The van der Waals surface area contributed by atoms with E-state index in [4.69, 9.17) is 15.6 Å². The van der Waals surface area contributed by atoms with Gasteiger partial charge in [-0.3, -0.25) is 4.79 Å². The first-order chi connectivity index (χ1) is 7.61. The molecule has 94 valence electrons. The highest BCUT2D eigenvalue weighted by Gasteiger charge is 2.18. The molecule has 0 aliphatic rings. The fourth-order valence-corrected chi connectivity index (χ4v) is 1.19. The van der Waals surface area contributed by atoms with E-state index in [9.17, 15) is 9.59 Å². The largest absolute Gasteiger partial charge is 0.480 e. The van der Waals surface area contributed by atoms with E-state index in [1.54, 1.807) is 0 Å². The minimum Gasteiger partial charge on any atom is -0.480 e. The van der Waals surface area contributed by atoms with Crippen LogP contribution in [0.2, 0.25) is 0 Å². The van der Waals surface area contributed by atoms with Crippen molar-refractivity contribution >= 4 is 11.9 Å². The minimum absolute atomic E-state index is 0.253. The normalized spacial score (nSPS) is 12.1. The first kappa shape index (κ1) is 14.9. The van der Waals surface area contributed by atoms with Crippen LogP contribution < -0.4 is 11.1 Å². The van der Waals surface area contributed by atoms with E-state index in [0.29, 0.717) is 26.0 Å². The number of ether oxygens (including phenoxy) is 1. The van der Waals surface area contributed by atoms with Crippen molar-refractivity contribution in [3.05, 3.63) is 0 Å². The number of nitrogens with two attached hydrogens (primary N) is 1. The maximum absolute atomic E-state index is 11.3. The predicted molar refractivity (Wildman–Crippen MR) is 59.0 cm³/mol. The molecule has 0 radical (unpaired) electrons. The zero-order valence-corrected chi connectivity index (χ0v) is 9.57. The number of carbonyl (C=O) groups is 2. The highest BCUT2D eigenvalue weighted by Crippen LogP contribution is 1.97. The zero-order chi connectivity index (χ0) is 12.4. The van der Waals surface area contributed by atoms with Gasteiger partial charge in [0, 0.05) is 26.6 Å². The molecular weight excluding hydrogens is 212 g/mol. The van der Waals surface area contributed by atoms with Crippen LogP contribution in [0.1, 0.15) is 25.7 Å². The second-order valence-corrected chi connectivity index (χ2v) is 3.49. The number of nitrogens with one attached hydrogen (secondary N) is 1. The van der Waals surface area contributed by atoms with Crippen LogP contribution in [-0.4, -0.2) is 43.3 Å². The SMILES string of the molecule is COCCC(NC(=O)CCCCN)C(=O)O. The summed E-state index contributed by atoms with van der Waals surface area (Å²) in [5, 5.41) is 11.3. The molecule has 0 aliphatic heterocycles. The number of amides is 1. The van der Waals surface area contributed by atoms with Gasteiger partial charge in [-0.05, 0) is 19.4 Å². The Morgan fingerprint density at radius 2 is 2.12 bits per heavy atom. The van der Waals surface area contributed by atoms with Crippen LogP contribution in [0.3, 0.4) is 0 Å². The fraction of sp³-hybridized carbons (Fsp3) is 0.800. The van der Waals surface area contributed by atoms with Crippen LogP contribution in [0.15, 0.2) is 0 Å². The molecular formula is C10H20N2O4. The molecule has 0 bridgehead atoms. The molecule has 1 atom stereocenters. The molecule has 0 rings (SSSR count). The maximum atomic E-state index is 11.3. The summed E-state index contributed by atoms with van der Waals surface area (Å²) in [6.07, 6.45) is 2.03. The Bertz CT molecular complexity index is 221. The topological polar surface area (TPSA) is 102 Å². The summed E-state index contributed by atoms with van der Waals surface area (Å²) in [6, 6.07) is -0.870. The highest BCUT2D eigenvalue weighted by atomic mass is 16.5. The molecule has 0 aromatic carbocycles. The van der Waals surface area contributed by atoms with E-state index in [1.807, 2.05) is 0 Å². The molecule has 0 saturated carbocycles. The smallest absolute Gasteiger partial charge is 0.326 e. The molecule has 0 spiro atoms. The van der Waals surface area contributed by atoms with E-state index in [0.717, 1.165) is 6.42 Å². The van der Waals surface area contributed by atoms with Crippen molar-refractivity contribution in [1.82, 2.24) is 5.32 Å². The third-order valence-corrected chi connectivity index (χ3v) is 2.10. The predicted octanol–water partition coefficient (Wildman–Crippen LogP) is -0.279. The van der Waals surface area contributed by atoms with Gasteiger partial charge in [-0.25, -0.2) is 4.79 Å². The van der Waals surface area contributed by atoms with Gasteiger partial charge in [0.1, 0.15) is 6.04 Å². The van der Waals surface area contributed by atoms with E-state index in [-0.39, 0.29) is 12.3 Å². The summed E-state index contributed by atoms with van der Waals surface area (Å²) < 4.78 is 4.77. The molecule has 4 N–H and O–H groups in total. The van der Waals surface area contributed by atoms with Crippen molar-refractivity contribution in [3.63, 3.8) is 0 Å². The Hall–Kier alpha value is -1.14. The lowest BCUT2D eigenvalue weighted by Gasteiger charge is -2.13. The molecule has 1 unspecified atom stereocenters. The third-order valence-electron chi connectivity index (χ3n) is 2.10. The van der Waals surface area contributed by atoms with E-state index in [2.05, 4.69) is 5.32 Å². The Labute approximate surface area is 95.1 Å². The number of carboxylic acids is 1. The van der Waals surface area contributed by atoms with Crippen molar-refractivity contribution in [3.8, 4) is 0 Å². The molecule has 0 fully saturated rings. The number of methoxy groups -OCH3 is 1. The minimum atomic E-state index is -1.04. The van der Waals surface area contributed by atoms with Crippen LogP contribution in [0.5, 0.6) is 0 Å². The number of unbranched alkanes of at least 4 members (excludes halogenated alkanes) is 1. The van der Waals surface area contributed by atoms with Gasteiger partial charge in [-0.1, -0.05) is 0 Å². The Morgan fingerprint density at radius 1 is 1.44 bits per heavy atom. The lowest BCUT2D eigenvalue weighted by Crippen LogP contribution is -2.41. The Kier molecular flexibility index (Phi) is 8.46. The van der Waals surface area contributed by atoms with Gasteiger partial charge in [0.2, 0.25) is 5.91 Å². The number of carbonyl (C=O) groups excluding carboxylic acids is 1. The molecule has 0 aromatic heterocycles. The third kappa shape index (κ3) is 7.19. The van der Waals surface area contributed by atoms with Crippen molar-refractivity contribution in [1.29, 1.82) is 0 Å². The van der Waals surface area contributed by atoms with Crippen molar-refractivity contribution in [2.45, 2.75) is 31.7 Å². The van der Waals surface area contributed by atoms with Crippen LogP contribution in [0, 0.1) is 0 Å². The summed E-state index contributed by atoms with van der Waals surface area (Å²) in [6.45, 7) is 0.847. The molecule has 6 heteroatoms. The average molecular weight is 232 g/mol. The highest BCUT2D eigenvalue weighted by molar-refractivity contribution is 5.83. The van der Waals surface area contributed by atoms with E-state index >= 15 is 0 Å². The summed E-state index contributed by atoms with van der Waals surface area (Å²) in [7, 11) is 1.49. The first-order valence-corrected chi connectivity index (χ1v) is 5.33. The van der Waals surface area contributed by atoms with E-state index < -0.39 is 12.0 Å². The van der Waals surface area contributed by atoms with Crippen LogP contribution in [0.4, 0.5) is 0 Å². The summed E-state index contributed by atoms with van der Waals surface area (Å²) >= 11 is 0. The Morgan fingerprint density at radius 3 is 2.62 bits per heavy atom. The van der Waals surface area contributed by atoms with Gasteiger partial charge in [0.05, 0.1) is 0 Å². The van der Waals surface area contributed by atoms with Gasteiger partial charge in [-0.15, -0.1) is 0 Å². The second kappa shape index (κ2) is 9.11. The molecule has 0 aliphatic carbocycles. The summed E-state index contributed by atoms with van der Waals surface area (Å²) in [5.74, 6) is -1.29. The second-order valence-electron chi connectivity index (χ2n) is 3.49. The van der Waals surface area contributed by atoms with Crippen LogP contribution >= 0.6 is 0 Å². The Balaban J connectivity index is 3.88. The molecule has 6 nitrogen and oxygen atoms in total. The first-order valence-electron chi connectivity index (χ1n) is 5.33. The number of hydrogen-bond acceptors (Lipinski definition) is 4. The monoisotopic (exact) mass is 232 g/mol. The fourth-order valence-electron chi connectivity index (χ4n) is 1.19. The lowest BCUT2D eigenvalue weighted by atomic mass is 10.2. The van der Waals surface area contributed by atoms with Crippen molar-refractivity contribution < 1.29 is 19.4 Å². The summed E-state index contributed by atoms with van der Waals surface area (Å²) in [4.78, 5) is 22.1. The molecule has 0 aromatic rings. The zero-order valence-electron chi connectivity index (χ0n) is 9.57. The van der Waals surface area contributed by atoms with E-state index in [1.165, 1.54) is 7.11 Å². The number of carboxylic acid groups (broad SMARTS) is 1. The molecule has 16 heavy (non-hydrogen) atoms. The quantitative estimate of drug-likeness (QED) is 0.475. The number of aliphatic carboxylic acids is 1. The van der Waals surface area contributed by atoms with Crippen molar-refractivity contribution in [2.24, 2.45) is 5.73 Å². The van der Waals surface area contributed by atoms with Gasteiger partial charge in [0.25, 0.3) is 0 Å². The number of rotatable bonds is 9. The van der Waals surface area contributed by atoms with Crippen molar-refractivity contribution in [2.75, 3.05) is 20.3 Å². The summed E-state index contributed by atoms with van der Waals surface area (Å²) in [5.41, 5.74) is 5.29. The van der Waals surface area contributed by atoms with Crippen LogP contribution in [0.25, 0.3) is 0 Å². The maximum Gasteiger partial charge on any atom is 0.326 e. The van der Waals surface area contributed by atoms with Crippen LogP contribution in [-0.2, 0) is 14.3 Å². The molecule has 0 saturated heterocycles. The van der Waals surface area contributed by atoms with Gasteiger partial charge < -0.3 is 20.9 Å². The molecule has 1 amide bonds. The standard InChI is InChI=1S/C10H20N2O4/c1-16-7-5-8(10(14)15)12-9(13)4-2-3-6-11/h8H,2-7,11H2,1H3,(H,12,13)(H,14,15). The van der Waals surface area contributed by atoms with Gasteiger partial charge in [-0.2, -0.15) is 0 Å². The molecule has 0 heterocycles. The van der Waals surface area contributed by atoms with Gasteiger partial charge in [0.15, 0.2) is 0 Å². The average Bonchev–Trinajstić information content (AvgIpc) is 2.24. The lowest BCUT2D eigenvalue weighted by molar-refractivity contribution is -0.142. The van der Waals surface area contributed by atoms with Gasteiger partial charge >= 0.3 is 5.97 Å².